The van der Waals surface area contributed by atoms with Crippen LogP contribution in [0.4, 0.5) is 13.2 Å². The minimum absolute atomic E-state index is 0.0417. The second kappa shape index (κ2) is 7.13. The quantitative estimate of drug-likeness (QED) is 0.905. The summed E-state index contributed by atoms with van der Waals surface area (Å²) >= 11 is 0. The third kappa shape index (κ3) is 5.02. The van der Waals surface area contributed by atoms with Gasteiger partial charge in [-0.05, 0) is 49.8 Å². The molecule has 0 aromatic heterocycles. The minimum Gasteiger partial charge on any atom is -0.480 e. The highest BCUT2D eigenvalue weighted by atomic mass is 19.4. The molecule has 2 rings (SSSR count). The molecule has 1 fully saturated rings. The topological polar surface area (TPSA) is 40.5 Å². The van der Waals surface area contributed by atoms with E-state index in [2.05, 4.69) is 0 Å². The summed E-state index contributed by atoms with van der Waals surface area (Å²) in [4.78, 5) is 12.6. The highest BCUT2D eigenvalue weighted by Crippen LogP contribution is 2.30. The predicted octanol–water partition coefficient (Wildman–Crippen LogP) is 3.43. The lowest BCUT2D eigenvalue weighted by atomic mass is 9.91. The van der Waals surface area contributed by atoms with Crippen molar-refractivity contribution in [3.8, 4) is 0 Å². The van der Waals surface area contributed by atoms with Crippen LogP contribution in [0.3, 0.4) is 0 Å². The minimum atomic E-state index is -4.31. The molecule has 122 valence electrons. The normalized spacial score (nSPS) is 20.0. The van der Waals surface area contributed by atoms with E-state index >= 15 is 0 Å². The van der Waals surface area contributed by atoms with Gasteiger partial charge in [0.1, 0.15) is 0 Å². The molecule has 1 aromatic carbocycles. The SMILES string of the molecule is O=C(O)CN1CCCC(CCc2cccc(C(F)(F)F)c2)C1. The van der Waals surface area contributed by atoms with Crippen molar-refractivity contribution < 1.29 is 23.1 Å². The molecule has 1 atom stereocenters. The zero-order chi connectivity index (χ0) is 16.2. The maximum atomic E-state index is 12.7. The van der Waals surface area contributed by atoms with Crippen molar-refractivity contribution in [3.05, 3.63) is 35.4 Å². The van der Waals surface area contributed by atoms with E-state index in [1.54, 1.807) is 6.07 Å². The van der Waals surface area contributed by atoms with Crippen LogP contribution in [0, 0.1) is 5.92 Å². The Morgan fingerprint density at radius 1 is 1.36 bits per heavy atom. The largest absolute Gasteiger partial charge is 0.480 e. The molecule has 0 amide bonds. The first-order valence-corrected chi connectivity index (χ1v) is 7.45. The van der Waals surface area contributed by atoms with Crippen molar-refractivity contribution in [2.45, 2.75) is 31.9 Å². The van der Waals surface area contributed by atoms with Crippen molar-refractivity contribution in [3.63, 3.8) is 0 Å². The lowest BCUT2D eigenvalue weighted by Gasteiger charge is -2.31. The summed E-state index contributed by atoms with van der Waals surface area (Å²) in [5.74, 6) is -0.485. The van der Waals surface area contributed by atoms with Crippen LogP contribution in [0.25, 0.3) is 0 Å². The Hall–Kier alpha value is -1.56. The number of carboxylic acids is 1. The smallest absolute Gasteiger partial charge is 0.416 e. The number of hydrogen-bond acceptors (Lipinski definition) is 2. The molecule has 0 bridgehead atoms. The Morgan fingerprint density at radius 3 is 2.82 bits per heavy atom. The van der Waals surface area contributed by atoms with Gasteiger partial charge in [0.05, 0.1) is 12.1 Å². The molecular weight excluding hydrogens is 295 g/mol. The van der Waals surface area contributed by atoms with Crippen molar-refractivity contribution in [2.75, 3.05) is 19.6 Å². The summed E-state index contributed by atoms with van der Waals surface area (Å²) in [5, 5.41) is 8.82. The Balaban J connectivity index is 1.88. The number of hydrogen-bond donors (Lipinski definition) is 1. The molecule has 1 heterocycles. The molecule has 0 saturated carbocycles. The van der Waals surface area contributed by atoms with Crippen LogP contribution in [0.15, 0.2) is 24.3 Å². The highest BCUT2D eigenvalue weighted by molar-refractivity contribution is 5.69. The number of rotatable bonds is 5. The number of likely N-dealkylation sites (tertiary alicyclic amines) is 1. The van der Waals surface area contributed by atoms with E-state index in [4.69, 9.17) is 5.11 Å². The number of halogens is 3. The van der Waals surface area contributed by atoms with E-state index in [-0.39, 0.29) is 6.54 Å². The summed E-state index contributed by atoms with van der Waals surface area (Å²) in [6.45, 7) is 1.54. The number of aryl methyl sites for hydroxylation is 1. The van der Waals surface area contributed by atoms with Gasteiger partial charge in [0.25, 0.3) is 0 Å². The Bertz CT molecular complexity index is 516. The average molecular weight is 315 g/mol. The predicted molar refractivity (Wildman–Crippen MR) is 76.6 cm³/mol. The lowest BCUT2D eigenvalue weighted by Crippen LogP contribution is -2.38. The van der Waals surface area contributed by atoms with Gasteiger partial charge >= 0.3 is 12.1 Å². The Labute approximate surface area is 127 Å². The maximum absolute atomic E-state index is 12.7. The number of carboxylic acid groups (broad SMARTS) is 1. The van der Waals surface area contributed by atoms with Crippen LogP contribution in [0.5, 0.6) is 0 Å². The van der Waals surface area contributed by atoms with Crippen molar-refractivity contribution in [2.24, 2.45) is 5.92 Å². The van der Waals surface area contributed by atoms with Gasteiger partial charge in [-0.2, -0.15) is 13.2 Å². The molecule has 22 heavy (non-hydrogen) atoms. The first-order chi connectivity index (χ1) is 10.3. The summed E-state index contributed by atoms with van der Waals surface area (Å²) in [6, 6.07) is 5.44. The molecule has 1 N–H and O–H groups in total. The summed E-state index contributed by atoms with van der Waals surface area (Å²) < 4.78 is 38.0. The molecule has 0 radical (unpaired) electrons. The summed E-state index contributed by atoms with van der Waals surface area (Å²) in [7, 11) is 0. The van der Waals surface area contributed by atoms with Crippen LogP contribution in [0.2, 0.25) is 0 Å². The van der Waals surface area contributed by atoms with Gasteiger partial charge in [0.2, 0.25) is 0 Å². The van der Waals surface area contributed by atoms with Gasteiger partial charge in [-0.3, -0.25) is 9.69 Å². The number of piperidine rings is 1. The fourth-order valence-corrected chi connectivity index (χ4v) is 3.00. The number of benzene rings is 1. The van der Waals surface area contributed by atoms with Crippen LogP contribution in [0.1, 0.15) is 30.4 Å². The number of aliphatic carboxylic acids is 1. The van der Waals surface area contributed by atoms with Gasteiger partial charge in [0, 0.05) is 6.54 Å². The van der Waals surface area contributed by atoms with E-state index in [1.807, 2.05) is 4.90 Å². The van der Waals surface area contributed by atoms with E-state index in [0.29, 0.717) is 24.4 Å². The highest BCUT2D eigenvalue weighted by Gasteiger charge is 2.30. The van der Waals surface area contributed by atoms with Crippen molar-refractivity contribution >= 4 is 5.97 Å². The molecule has 0 aliphatic carbocycles. The zero-order valence-corrected chi connectivity index (χ0v) is 12.3. The van der Waals surface area contributed by atoms with Crippen molar-refractivity contribution in [1.29, 1.82) is 0 Å². The van der Waals surface area contributed by atoms with Gasteiger partial charge in [-0.1, -0.05) is 18.2 Å². The van der Waals surface area contributed by atoms with Gasteiger partial charge in [-0.15, -0.1) is 0 Å². The van der Waals surface area contributed by atoms with Gasteiger partial charge < -0.3 is 5.11 Å². The summed E-state index contributed by atoms with van der Waals surface area (Å²) in [5.41, 5.74) is 0.0753. The Kier molecular flexibility index (Phi) is 5.45. The number of nitrogens with zero attached hydrogens (tertiary/aromatic N) is 1. The molecule has 0 spiro atoms. The number of alkyl halides is 3. The number of carbonyl (C=O) groups is 1. The van der Waals surface area contributed by atoms with Crippen LogP contribution in [-0.2, 0) is 17.4 Å². The van der Waals surface area contributed by atoms with E-state index < -0.39 is 17.7 Å². The molecule has 6 heteroatoms. The fourth-order valence-electron chi connectivity index (χ4n) is 3.00. The van der Waals surface area contributed by atoms with E-state index in [0.717, 1.165) is 31.9 Å². The second-order valence-corrected chi connectivity index (χ2v) is 5.87. The monoisotopic (exact) mass is 315 g/mol. The first-order valence-electron chi connectivity index (χ1n) is 7.45. The van der Waals surface area contributed by atoms with Crippen LogP contribution >= 0.6 is 0 Å². The fraction of sp³-hybridized carbons (Fsp3) is 0.562. The molecule has 1 aliphatic heterocycles. The van der Waals surface area contributed by atoms with E-state index in [1.165, 1.54) is 12.1 Å². The molecule has 3 nitrogen and oxygen atoms in total. The molecule has 1 unspecified atom stereocenters. The molecule has 1 aromatic rings. The molecule has 1 aliphatic rings. The third-order valence-corrected chi connectivity index (χ3v) is 4.06. The molecule has 1 saturated heterocycles. The zero-order valence-electron chi connectivity index (χ0n) is 12.3. The maximum Gasteiger partial charge on any atom is 0.416 e. The Morgan fingerprint density at radius 2 is 2.14 bits per heavy atom. The van der Waals surface area contributed by atoms with Crippen molar-refractivity contribution in [1.82, 2.24) is 4.90 Å². The van der Waals surface area contributed by atoms with E-state index in [9.17, 15) is 18.0 Å². The average Bonchev–Trinajstić information content (AvgIpc) is 2.44. The van der Waals surface area contributed by atoms with Gasteiger partial charge in [0.15, 0.2) is 0 Å². The van der Waals surface area contributed by atoms with Gasteiger partial charge in [-0.25, -0.2) is 0 Å². The standard InChI is InChI=1S/C16H20F3NO2/c17-16(18,19)14-5-1-3-12(9-14)6-7-13-4-2-8-20(10-13)11-15(21)22/h1,3,5,9,13H,2,4,6-8,10-11H2,(H,21,22). The summed E-state index contributed by atoms with van der Waals surface area (Å²) in [6.07, 6.45) is -0.971. The van der Waals surface area contributed by atoms with Crippen LogP contribution in [-0.4, -0.2) is 35.6 Å². The molecular formula is C16H20F3NO2. The lowest BCUT2D eigenvalue weighted by molar-refractivity contribution is -0.139. The second-order valence-electron chi connectivity index (χ2n) is 5.87. The third-order valence-electron chi connectivity index (χ3n) is 4.06. The first kappa shape index (κ1) is 16.8. The van der Waals surface area contributed by atoms with Crippen LogP contribution < -0.4 is 0 Å².